The summed E-state index contributed by atoms with van der Waals surface area (Å²) in [4.78, 5) is 11.7. The SMILES string of the molecule is CNC(=O)OC1CCC2(C)C(=CCC3C4CCC(C(C)CCCC(C)C)C4CCC32)C1. The molecule has 0 saturated heterocycles. The van der Waals surface area contributed by atoms with Crippen LogP contribution in [0.5, 0.6) is 0 Å². The summed E-state index contributed by atoms with van der Waals surface area (Å²) in [5.41, 5.74) is 1.95. The van der Waals surface area contributed by atoms with E-state index in [0.717, 1.165) is 54.3 Å². The summed E-state index contributed by atoms with van der Waals surface area (Å²) in [6, 6.07) is 0. The Morgan fingerprint density at radius 1 is 1.10 bits per heavy atom. The predicted octanol–water partition coefficient (Wildman–Crippen LogP) is 7.36. The van der Waals surface area contributed by atoms with Crippen LogP contribution in [-0.4, -0.2) is 19.2 Å². The van der Waals surface area contributed by atoms with Crippen LogP contribution in [0.1, 0.15) is 98.3 Å². The molecular weight excluding hydrogens is 382 g/mol. The first-order chi connectivity index (χ1) is 14.8. The molecule has 3 saturated carbocycles. The molecule has 0 bridgehead atoms. The van der Waals surface area contributed by atoms with Crippen molar-refractivity contribution in [3.8, 4) is 0 Å². The van der Waals surface area contributed by atoms with E-state index in [1.165, 1.54) is 57.8 Å². The van der Waals surface area contributed by atoms with E-state index in [2.05, 4.69) is 39.1 Å². The van der Waals surface area contributed by atoms with Gasteiger partial charge in [0.25, 0.3) is 0 Å². The normalized spacial score (nSPS) is 40.4. The average molecular weight is 430 g/mol. The van der Waals surface area contributed by atoms with Gasteiger partial charge in [-0.3, -0.25) is 0 Å². The number of hydrogen-bond acceptors (Lipinski definition) is 2. The van der Waals surface area contributed by atoms with Gasteiger partial charge in [0.1, 0.15) is 6.10 Å². The molecule has 8 atom stereocenters. The molecule has 3 heteroatoms. The van der Waals surface area contributed by atoms with Gasteiger partial charge in [-0.15, -0.1) is 0 Å². The Morgan fingerprint density at radius 3 is 2.61 bits per heavy atom. The Labute approximate surface area is 191 Å². The lowest BCUT2D eigenvalue weighted by Crippen LogP contribution is -2.48. The fourth-order valence-corrected chi connectivity index (χ4v) is 8.40. The number of allylic oxidation sites excluding steroid dienone is 1. The molecule has 1 N–H and O–H groups in total. The second-order valence-corrected chi connectivity index (χ2v) is 12.1. The number of hydrogen-bond donors (Lipinski definition) is 1. The standard InChI is InChI=1S/C28H47NO2/c1-18(2)7-6-8-19(3)22-11-12-24-23(22)13-14-26-25(24)10-9-20-17-21(31-27(30)29-5)15-16-28(20,26)4/h9,18-19,21-26H,6-8,10-17H2,1-5H3,(H,29,30). The second kappa shape index (κ2) is 9.48. The van der Waals surface area contributed by atoms with E-state index in [1.807, 2.05) is 0 Å². The maximum absolute atomic E-state index is 11.7. The lowest BCUT2D eigenvalue weighted by atomic mass is 9.50. The minimum Gasteiger partial charge on any atom is -0.446 e. The quantitative estimate of drug-likeness (QED) is 0.448. The third-order valence-corrected chi connectivity index (χ3v) is 10.1. The molecular formula is C28H47NO2. The second-order valence-electron chi connectivity index (χ2n) is 12.1. The highest BCUT2D eigenvalue weighted by molar-refractivity contribution is 5.66. The molecule has 0 aromatic carbocycles. The van der Waals surface area contributed by atoms with Gasteiger partial charge in [-0.1, -0.05) is 58.6 Å². The zero-order valence-corrected chi connectivity index (χ0v) is 20.8. The Kier molecular flexibility index (Phi) is 7.08. The zero-order chi connectivity index (χ0) is 22.2. The third kappa shape index (κ3) is 4.58. The maximum atomic E-state index is 11.7. The molecule has 0 radical (unpaired) electrons. The Balaban J connectivity index is 1.41. The number of rotatable bonds is 6. The minimum absolute atomic E-state index is 0.0645. The van der Waals surface area contributed by atoms with Crippen LogP contribution in [0, 0.1) is 46.8 Å². The summed E-state index contributed by atoms with van der Waals surface area (Å²) in [6.07, 6.45) is 16.9. The van der Waals surface area contributed by atoms with Crippen LogP contribution in [0.2, 0.25) is 0 Å². The summed E-state index contributed by atoms with van der Waals surface area (Å²) >= 11 is 0. The molecule has 176 valence electrons. The van der Waals surface area contributed by atoms with E-state index in [4.69, 9.17) is 4.74 Å². The Hall–Kier alpha value is -0.990. The van der Waals surface area contributed by atoms with Gasteiger partial charge in [0.05, 0.1) is 0 Å². The molecule has 0 spiro atoms. The largest absolute Gasteiger partial charge is 0.446 e. The van der Waals surface area contributed by atoms with Crippen molar-refractivity contribution in [1.29, 1.82) is 0 Å². The van der Waals surface area contributed by atoms with Crippen molar-refractivity contribution < 1.29 is 9.53 Å². The Morgan fingerprint density at radius 2 is 1.87 bits per heavy atom. The van der Waals surface area contributed by atoms with Gasteiger partial charge in [-0.2, -0.15) is 0 Å². The summed E-state index contributed by atoms with van der Waals surface area (Å²) in [6.45, 7) is 9.84. The number of carbonyl (C=O) groups excluding carboxylic acids is 1. The first-order valence-corrected chi connectivity index (χ1v) is 13.4. The summed E-state index contributed by atoms with van der Waals surface area (Å²) in [5.74, 6) is 6.44. The van der Waals surface area contributed by atoms with Crippen LogP contribution in [0.25, 0.3) is 0 Å². The van der Waals surface area contributed by atoms with E-state index in [1.54, 1.807) is 12.6 Å². The van der Waals surface area contributed by atoms with Crippen LogP contribution in [0.4, 0.5) is 4.79 Å². The van der Waals surface area contributed by atoms with E-state index in [0.29, 0.717) is 5.41 Å². The van der Waals surface area contributed by atoms with Gasteiger partial charge in [-0.25, -0.2) is 4.79 Å². The van der Waals surface area contributed by atoms with E-state index >= 15 is 0 Å². The molecule has 4 aliphatic rings. The van der Waals surface area contributed by atoms with Gasteiger partial charge in [0, 0.05) is 13.5 Å². The van der Waals surface area contributed by atoms with E-state index in [9.17, 15) is 4.79 Å². The number of carbonyl (C=O) groups is 1. The molecule has 4 rings (SSSR count). The van der Waals surface area contributed by atoms with Crippen LogP contribution in [0.15, 0.2) is 11.6 Å². The molecule has 0 aliphatic heterocycles. The summed E-state index contributed by atoms with van der Waals surface area (Å²) in [7, 11) is 1.65. The first-order valence-electron chi connectivity index (χ1n) is 13.4. The van der Waals surface area contributed by atoms with E-state index < -0.39 is 0 Å². The number of nitrogens with one attached hydrogen (secondary N) is 1. The predicted molar refractivity (Wildman–Crippen MR) is 128 cm³/mol. The smallest absolute Gasteiger partial charge is 0.407 e. The van der Waals surface area contributed by atoms with E-state index in [-0.39, 0.29) is 12.2 Å². The van der Waals surface area contributed by atoms with Gasteiger partial charge in [0.15, 0.2) is 0 Å². The van der Waals surface area contributed by atoms with Crippen LogP contribution < -0.4 is 5.32 Å². The molecule has 3 fully saturated rings. The Bertz CT molecular complexity index is 670. The summed E-state index contributed by atoms with van der Waals surface area (Å²) in [5, 5.41) is 2.61. The molecule has 0 heterocycles. The molecule has 0 aromatic heterocycles. The van der Waals surface area contributed by atoms with Crippen molar-refractivity contribution in [3.05, 3.63) is 11.6 Å². The molecule has 1 amide bonds. The molecule has 31 heavy (non-hydrogen) atoms. The van der Waals surface area contributed by atoms with Gasteiger partial charge < -0.3 is 10.1 Å². The third-order valence-electron chi connectivity index (χ3n) is 10.1. The highest BCUT2D eigenvalue weighted by Crippen LogP contribution is 2.63. The van der Waals surface area contributed by atoms with Crippen LogP contribution >= 0.6 is 0 Å². The number of amides is 1. The molecule has 0 aromatic rings. The van der Waals surface area contributed by atoms with Gasteiger partial charge in [0.2, 0.25) is 0 Å². The highest BCUT2D eigenvalue weighted by Gasteiger charge is 2.54. The van der Waals surface area contributed by atoms with Crippen LogP contribution in [0.3, 0.4) is 0 Å². The molecule has 8 unspecified atom stereocenters. The lowest BCUT2D eigenvalue weighted by molar-refractivity contribution is -0.0180. The van der Waals surface area contributed by atoms with Crippen molar-refractivity contribution in [2.75, 3.05) is 7.05 Å². The highest BCUT2D eigenvalue weighted by atomic mass is 16.6. The van der Waals surface area contributed by atoms with Crippen molar-refractivity contribution in [3.63, 3.8) is 0 Å². The first kappa shape index (κ1) is 23.2. The van der Waals surface area contributed by atoms with Crippen molar-refractivity contribution in [2.45, 2.75) is 104 Å². The van der Waals surface area contributed by atoms with Gasteiger partial charge >= 0.3 is 6.09 Å². The number of alkyl carbamates (subject to hydrolysis) is 1. The summed E-state index contributed by atoms with van der Waals surface area (Å²) < 4.78 is 5.64. The topological polar surface area (TPSA) is 38.3 Å². The fraction of sp³-hybridized carbons (Fsp3) is 0.893. The van der Waals surface area contributed by atoms with Gasteiger partial charge in [-0.05, 0) is 91.8 Å². The number of fused-ring (bicyclic) bond motifs is 5. The molecule has 4 aliphatic carbocycles. The maximum Gasteiger partial charge on any atom is 0.407 e. The molecule has 3 nitrogen and oxygen atoms in total. The van der Waals surface area contributed by atoms with Crippen molar-refractivity contribution >= 4 is 6.09 Å². The minimum atomic E-state index is -0.275. The number of ether oxygens (including phenoxy) is 1. The van der Waals surface area contributed by atoms with Crippen molar-refractivity contribution in [1.82, 2.24) is 5.32 Å². The zero-order valence-electron chi connectivity index (χ0n) is 20.8. The lowest BCUT2D eigenvalue weighted by Gasteiger charge is -2.55. The van der Waals surface area contributed by atoms with Crippen molar-refractivity contribution in [2.24, 2.45) is 46.8 Å². The monoisotopic (exact) mass is 429 g/mol. The fourth-order valence-electron chi connectivity index (χ4n) is 8.40. The van der Waals surface area contributed by atoms with Crippen LogP contribution in [-0.2, 0) is 4.74 Å². The average Bonchev–Trinajstić information content (AvgIpc) is 3.18.